The summed E-state index contributed by atoms with van der Waals surface area (Å²) in [7, 11) is 0. The average molecular weight is 576 g/mol. The average Bonchev–Trinajstić information content (AvgIpc) is 3.21. The molecule has 1 amide bonds. The number of amides is 1. The van der Waals surface area contributed by atoms with Crippen LogP contribution in [-0.2, 0) is 11.2 Å². The number of hydrogen-bond donors (Lipinski definition) is 2. The summed E-state index contributed by atoms with van der Waals surface area (Å²) in [5.41, 5.74) is 0.506. The second kappa shape index (κ2) is 10.4. The first-order valence-corrected chi connectivity index (χ1v) is 13.5. The van der Waals surface area contributed by atoms with E-state index in [1.165, 1.54) is 9.80 Å². The zero-order chi connectivity index (χ0) is 29.9. The highest BCUT2D eigenvalue weighted by molar-refractivity contribution is 5.99. The zero-order valence-electron chi connectivity index (χ0n) is 23.3. The number of nitrogens with one attached hydrogen (secondary N) is 1. The summed E-state index contributed by atoms with van der Waals surface area (Å²) in [5.74, 6) is -6.78. The molecule has 0 bridgehead atoms. The van der Waals surface area contributed by atoms with E-state index < -0.39 is 71.8 Å². The number of rotatable bonds is 6. The number of H-pyrrole nitrogens is 1. The number of ether oxygens (including phenoxy) is 1. The number of hydrogen-bond acceptors (Lipinski definition) is 5. The number of benzene rings is 2. The Morgan fingerprint density at radius 1 is 1.10 bits per heavy atom. The van der Waals surface area contributed by atoms with Crippen molar-refractivity contribution < 1.29 is 37.0 Å². The highest BCUT2D eigenvalue weighted by Gasteiger charge is 2.44. The van der Waals surface area contributed by atoms with Crippen molar-refractivity contribution in [1.82, 2.24) is 14.8 Å². The third-order valence-corrected chi connectivity index (χ3v) is 7.70. The van der Waals surface area contributed by atoms with E-state index in [0.717, 1.165) is 23.1 Å². The maximum Gasteiger partial charge on any atom is 0.410 e. The van der Waals surface area contributed by atoms with Crippen LogP contribution in [0.5, 0.6) is 0 Å². The van der Waals surface area contributed by atoms with Gasteiger partial charge in [0, 0.05) is 46.9 Å². The van der Waals surface area contributed by atoms with Gasteiger partial charge in [0.05, 0.1) is 18.5 Å². The molecular weight excluding hydrogens is 542 g/mol. The van der Waals surface area contributed by atoms with Crippen LogP contribution in [0.2, 0.25) is 0 Å². The number of Topliss-reactive ketones (excluding diaryl/α,β-unsaturated/α-hetero) is 1. The molecule has 0 saturated carbocycles. The van der Waals surface area contributed by atoms with Crippen LogP contribution in [0.15, 0.2) is 36.4 Å². The summed E-state index contributed by atoms with van der Waals surface area (Å²) in [5, 5.41) is 10.1. The molecule has 3 aromatic rings. The lowest BCUT2D eigenvalue weighted by Gasteiger charge is -2.42. The molecule has 3 heterocycles. The molecule has 7 nitrogen and oxygen atoms in total. The topological polar surface area (TPSA) is 85.9 Å². The number of likely N-dealkylation sites (tertiary alicyclic amines) is 1. The van der Waals surface area contributed by atoms with Gasteiger partial charge in [-0.05, 0) is 57.9 Å². The number of alkyl halides is 2. The summed E-state index contributed by atoms with van der Waals surface area (Å²) in [6.07, 6.45) is -0.220. The van der Waals surface area contributed by atoms with Crippen LogP contribution in [-0.4, -0.2) is 75.6 Å². The minimum Gasteiger partial charge on any atom is -0.444 e. The van der Waals surface area contributed by atoms with Crippen LogP contribution in [0.25, 0.3) is 10.9 Å². The second-order valence-corrected chi connectivity index (χ2v) is 12.0. The molecule has 2 aliphatic heterocycles. The number of carbonyl (C=O) groups is 2. The van der Waals surface area contributed by atoms with E-state index in [1.807, 2.05) is 12.1 Å². The fourth-order valence-electron chi connectivity index (χ4n) is 5.72. The molecule has 0 radical (unpaired) electrons. The molecule has 1 aromatic heterocycles. The summed E-state index contributed by atoms with van der Waals surface area (Å²) in [6.45, 7) is 4.64. The van der Waals surface area contributed by atoms with E-state index >= 15 is 8.78 Å². The van der Waals surface area contributed by atoms with Gasteiger partial charge < -0.3 is 19.7 Å². The Labute approximate surface area is 235 Å². The quantitative estimate of drug-likeness (QED) is 0.301. The van der Waals surface area contributed by atoms with Crippen molar-refractivity contribution in [1.29, 1.82) is 0 Å². The van der Waals surface area contributed by atoms with E-state index in [2.05, 4.69) is 4.98 Å². The number of aliphatic hydroxyl groups is 1. The largest absolute Gasteiger partial charge is 0.444 e. The number of aromatic amines is 1. The second-order valence-electron chi connectivity index (χ2n) is 12.0. The lowest BCUT2D eigenvalue weighted by Crippen LogP contribution is -2.54. The van der Waals surface area contributed by atoms with Crippen molar-refractivity contribution in [3.8, 4) is 0 Å². The molecule has 2 N–H and O–H groups in total. The maximum atomic E-state index is 15.8. The molecule has 2 aliphatic rings. The van der Waals surface area contributed by atoms with Crippen molar-refractivity contribution in [3.63, 3.8) is 0 Å². The molecule has 0 unspecified atom stereocenters. The van der Waals surface area contributed by atoms with Crippen molar-refractivity contribution in [2.75, 3.05) is 26.2 Å². The number of aromatic nitrogens is 1. The predicted octanol–water partition coefficient (Wildman–Crippen LogP) is 5.46. The third kappa shape index (κ3) is 5.57. The number of para-hydroxylation sites is 1. The Morgan fingerprint density at radius 3 is 2.34 bits per heavy atom. The molecule has 220 valence electrons. The number of carbonyl (C=O) groups excluding carboxylic acids is 2. The monoisotopic (exact) mass is 575 g/mol. The van der Waals surface area contributed by atoms with Gasteiger partial charge in [-0.3, -0.25) is 9.69 Å². The smallest absolute Gasteiger partial charge is 0.410 e. The SMILES string of the molecule is C[C@@H]1Cc2c([nH]c3ccccc23)[C@@H](c2c(F)cc(C(=O)C3CN(C(=O)OC(C)(C)C)C3)cc2F)N1CC(F)(F)CO. The minimum atomic E-state index is -3.51. The molecule has 2 aromatic carbocycles. The minimum absolute atomic E-state index is 0.0569. The molecular formula is C30H33F4N3O4. The van der Waals surface area contributed by atoms with E-state index in [-0.39, 0.29) is 18.7 Å². The number of fused-ring (bicyclic) bond motifs is 3. The van der Waals surface area contributed by atoms with Gasteiger partial charge in [0.2, 0.25) is 0 Å². The predicted molar refractivity (Wildman–Crippen MR) is 144 cm³/mol. The molecule has 41 heavy (non-hydrogen) atoms. The van der Waals surface area contributed by atoms with Gasteiger partial charge in [0.1, 0.15) is 23.8 Å². The van der Waals surface area contributed by atoms with Crippen molar-refractivity contribution in [3.05, 3.63) is 70.4 Å². The Morgan fingerprint density at radius 2 is 1.73 bits per heavy atom. The van der Waals surface area contributed by atoms with Crippen molar-refractivity contribution in [2.24, 2.45) is 5.92 Å². The van der Waals surface area contributed by atoms with E-state index in [9.17, 15) is 23.5 Å². The molecule has 0 aliphatic carbocycles. The first kappa shape index (κ1) is 29.1. The van der Waals surface area contributed by atoms with Crippen LogP contribution in [0.4, 0.5) is 22.4 Å². The summed E-state index contributed by atoms with van der Waals surface area (Å²) < 4.78 is 66.0. The number of ketones is 1. The van der Waals surface area contributed by atoms with Crippen molar-refractivity contribution >= 4 is 22.8 Å². The zero-order valence-corrected chi connectivity index (χ0v) is 23.3. The van der Waals surface area contributed by atoms with Crippen LogP contribution in [0.1, 0.15) is 60.9 Å². The van der Waals surface area contributed by atoms with Gasteiger partial charge in [0.15, 0.2) is 5.78 Å². The highest BCUT2D eigenvalue weighted by Crippen LogP contribution is 2.43. The Kier molecular flexibility index (Phi) is 7.40. The molecule has 1 fully saturated rings. The first-order valence-electron chi connectivity index (χ1n) is 13.5. The van der Waals surface area contributed by atoms with E-state index in [1.54, 1.807) is 39.8 Å². The third-order valence-electron chi connectivity index (χ3n) is 7.70. The van der Waals surface area contributed by atoms with Gasteiger partial charge in [0.25, 0.3) is 5.92 Å². The Hall–Kier alpha value is -3.44. The maximum absolute atomic E-state index is 15.8. The molecule has 1 saturated heterocycles. The normalized spacial score (nSPS) is 20.2. The van der Waals surface area contributed by atoms with E-state index in [4.69, 9.17) is 4.74 Å². The summed E-state index contributed by atoms with van der Waals surface area (Å²) in [4.78, 5) is 31.1. The van der Waals surface area contributed by atoms with Crippen molar-refractivity contribution in [2.45, 2.75) is 57.7 Å². The fraction of sp³-hybridized carbons (Fsp3) is 0.467. The van der Waals surface area contributed by atoms with Crippen LogP contribution in [0.3, 0.4) is 0 Å². The van der Waals surface area contributed by atoms with E-state index in [0.29, 0.717) is 17.6 Å². The lowest BCUT2D eigenvalue weighted by atomic mass is 9.86. The van der Waals surface area contributed by atoms with Gasteiger partial charge >= 0.3 is 6.09 Å². The summed E-state index contributed by atoms with van der Waals surface area (Å²) >= 11 is 0. The Bertz CT molecular complexity index is 1470. The molecule has 5 rings (SSSR count). The van der Waals surface area contributed by atoms with Gasteiger partial charge in [-0.2, -0.15) is 0 Å². The number of aliphatic hydroxyl groups excluding tert-OH is 1. The first-order chi connectivity index (χ1) is 19.2. The molecule has 11 heteroatoms. The van der Waals surface area contributed by atoms with Gasteiger partial charge in [-0.25, -0.2) is 22.4 Å². The van der Waals surface area contributed by atoms with Gasteiger partial charge in [-0.15, -0.1) is 0 Å². The van der Waals surface area contributed by atoms with Crippen LogP contribution >= 0.6 is 0 Å². The Balaban J connectivity index is 1.48. The molecule has 2 atom stereocenters. The summed E-state index contributed by atoms with van der Waals surface area (Å²) in [6, 6.07) is 7.35. The fourth-order valence-corrected chi connectivity index (χ4v) is 5.72. The van der Waals surface area contributed by atoms with Gasteiger partial charge in [-0.1, -0.05) is 18.2 Å². The number of halogens is 4. The lowest BCUT2D eigenvalue weighted by molar-refractivity contribution is -0.0869. The standard InChI is InChI=1S/C30H33F4N3O4/c1-16-9-20-19-7-5-6-8-23(19)35-25(20)26(37(16)14-30(33,34)15-38)24-21(31)10-17(11-22(24)32)27(39)18-12-36(13-18)28(40)41-29(2,3)4/h5-8,10-11,16,18,26,35,38H,9,12-15H2,1-4H3/t16-,26-/m1/s1. The van der Waals surface area contributed by atoms with Crippen LogP contribution in [0, 0.1) is 17.6 Å². The van der Waals surface area contributed by atoms with Crippen LogP contribution < -0.4 is 0 Å². The number of nitrogens with zero attached hydrogens (tertiary/aromatic N) is 2. The molecule has 0 spiro atoms. The highest BCUT2D eigenvalue weighted by atomic mass is 19.3.